The van der Waals surface area contributed by atoms with E-state index in [0.717, 1.165) is 18.7 Å². The van der Waals surface area contributed by atoms with Gasteiger partial charge < -0.3 is 15.4 Å². The van der Waals surface area contributed by atoms with Gasteiger partial charge in [-0.25, -0.2) is 4.39 Å². The zero-order valence-corrected chi connectivity index (χ0v) is 14.6. The lowest BCUT2D eigenvalue weighted by Crippen LogP contribution is -2.41. The molecule has 21 heavy (non-hydrogen) atoms. The number of likely N-dealkylation sites (tertiary alicyclic amines) is 1. The minimum atomic E-state index is -0.250. The first-order valence-electron chi connectivity index (χ1n) is 7.04. The predicted octanol–water partition coefficient (Wildman–Crippen LogP) is 2.93. The highest BCUT2D eigenvalue weighted by molar-refractivity contribution is 14.0. The first-order chi connectivity index (χ1) is 9.70. The van der Waals surface area contributed by atoms with Crippen LogP contribution >= 0.6 is 24.0 Å². The second kappa shape index (κ2) is 9.19. The van der Waals surface area contributed by atoms with Gasteiger partial charge in [0.15, 0.2) is 5.96 Å². The summed E-state index contributed by atoms with van der Waals surface area (Å²) < 4.78 is 18.3. The molecule has 1 heterocycles. The van der Waals surface area contributed by atoms with Crippen LogP contribution in [0.3, 0.4) is 0 Å². The van der Waals surface area contributed by atoms with Crippen LogP contribution in [0.5, 0.6) is 0 Å². The lowest BCUT2D eigenvalue weighted by Gasteiger charge is -2.27. The number of hydrogen-bond acceptors (Lipinski definition) is 2. The highest BCUT2D eigenvalue weighted by atomic mass is 127. The number of halogens is 2. The first kappa shape index (κ1) is 18.2. The van der Waals surface area contributed by atoms with Gasteiger partial charge in [-0.2, -0.15) is 0 Å². The summed E-state index contributed by atoms with van der Waals surface area (Å²) in [7, 11) is 1.63. The average molecular weight is 407 g/mol. The maximum absolute atomic E-state index is 12.9. The van der Waals surface area contributed by atoms with E-state index >= 15 is 0 Å². The Kier molecular flexibility index (Phi) is 7.95. The number of aliphatic imine (C=N–C) groups is 1. The number of nitrogens with two attached hydrogens (primary N) is 1. The molecule has 1 saturated heterocycles. The van der Waals surface area contributed by atoms with Crippen LogP contribution < -0.4 is 5.73 Å². The van der Waals surface area contributed by atoms with Crippen molar-refractivity contribution in [1.29, 1.82) is 0 Å². The summed E-state index contributed by atoms with van der Waals surface area (Å²) in [6, 6.07) is 6.30. The number of ether oxygens (including phenoxy) is 1. The minimum Gasteiger partial charge on any atom is -0.375 e. The fourth-order valence-electron chi connectivity index (χ4n) is 2.39. The molecule has 1 atom stereocenters. The van der Waals surface area contributed by atoms with Crippen molar-refractivity contribution < 1.29 is 9.13 Å². The molecule has 2 N–H and O–H groups in total. The SMILES string of the molecule is COC(CN=C(N)N1CCCCC1)c1ccc(F)cc1.I. The summed E-state index contributed by atoms with van der Waals surface area (Å²) >= 11 is 0. The zero-order valence-electron chi connectivity index (χ0n) is 12.3. The number of benzene rings is 1. The Hall–Kier alpha value is -0.890. The molecule has 0 amide bonds. The number of rotatable bonds is 4. The van der Waals surface area contributed by atoms with Crippen LogP contribution in [0.4, 0.5) is 4.39 Å². The lowest BCUT2D eigenvalue weighted by atomic mass is 10.1. The molecule has 0 bridgehead atoms. The second-order valence-electron chi connectivity index (χ2n) is 5.02. The van der Waals surface area contributed by atoms with Crippen LogP contribution in [-0.4, -0.2) is 37.6 Å². The molecule has 0 aromatic heterocycles. The molecule has 1 aliphatic rings. The molecule has 1 aromatic carbocycles. The Morgan fingerprint density at radius 3 is 2.48 bits per heavy atom. The third kappa shape index (κ3) is 5.43. The molecular weight excluding hydrogens is 384 g/mol. The average Bonchev–Trinajstić information content (AvgIpc) is 2.50. The van der Waals surface area contributed by atoms with E-state index in [4.69, 9.17) is 10.5 Å². The number of nitrogens with zero attached hydrogens (tertiary/aromatic N) is 2. The Morgan fingerprint density at radius 1 is 1.29 bits per heavy atom. The van der Waals surface area contributed by atoms with Gasteiger partial charge in [-0.3, -0.25) is 4.99 Å². The van der Waals surface area contributed by atoms with Crippen molar-refractivity contribution in [2.24, 2.45) is 10.7 Å². The molecule has 0 radical (unpaired) electrons. The maximum Gasteiger partial charge on any atom is 0.191 e. The first-order valence-corrected chi connectivity index (χ1v) is 7.04. The normalized spacial score (nSPS) is 17.2. The van der Waals surface area contributed by atoms with E-state index in [1.54, 1.807) is 19.2 Å². The van der Waals surface area contributed by atoms with Crippen LogP contribution in [0.2, 0.25) is 0 Å². The Balaban J connectivity index is 0.00000220. The van der Waals surface area contributed by atoms with Crippen LogP contribution in [-0.2, 0) is 4.74 Å². The topological polar surface area (TPSA) is 50.9 Å². The van der Waals surface area contributed by atoms with Crippen molar-refractivity contribution in [3.05, 3.63) is 35.6 Å². The van der Waals surface area contributed by atoms with Crippen LogP contribution in [0.25, 0.3) is 0 Å². The highest BCUT2D eigenvalue weighted by Crippen LogP contribution is 2.17. The van der Waals surface area contributed by atoms with Crippen molar-refractivity contribution >= 4 is 29.9 Å². The smallest absolute Gasteiger partial charge is 0.191 e. The quantitative estimate of drug-likeness (QED) is 0.475. The van der Waals surface area contributed by atoms with E-state index in [9.17, 15) is 4.39 Å². The minimum absolute atomic E-state index is 0. The molecular formula is C15H23FIN3O. The van der Waals surface area contributed by atoms with Crippen molar-refractivity contribution in [3.8, 4) is 0 Å². The summed E-state index contributed by atoms with van der Waals surface area (Å²) in [4.78, 5) is 6.53. The second-order valence-corrected chi connectivity index (χ2v) is 5.02. The molecule has 4 nitrogen and oxygen atoms in total. The summed E-state index contributed by atoms with van der Waals surface area (Å²) in [5, 5.41) is 0. The molecule has 6 heteroatoms. The standard InChI is InChI=1S/C15H22FN3O.HI/c1-20-14(12-5-7-13(16)8-6-12)11-18-15(17)19-9-3-2-4-10-19;/h5-8,14H,2-4,9-11H2,1H3,(H2,17,18);1H. The van der Waals surface area contributed by atoms with E-state index < -0.39 is 0 Å². The fourth-order valence-corrected chi connectivity index (χ4v) is 2.39. The molecule has 118 valence electrons. The van der Waals surface area contributed by atoms with Gasteiger partial charge in [0.05, 0.1) is 6.54 Å². The number of hydrogen-bond donors (Lipinski definition) is 1. The number of guanidine groups is 1. The van der Waals surface area contributed by atoms with Gasteiger partial charge in [0.25, 0.3) is 0 Å². The number of piperidine rings is 1. The predicted molar refractivity (Wildman–Crippen MR) is 93.5 cm³/mol. The van der Waals surface area contributed by atoms with E-state index in [0.29, 0.717) is 12.5 Å². The molecule has 1 fully saturated rings. The van der Waals surface area contributed by atoms with E-state index in [2.05, 4.69) is 9.89 Å². The Labute approximate surface area is 142 Å². The fraction of sp³-hybridized carbons (Fsp3) is 0.533. The largest absolute Gasteiger partial charge is 0.375 e. The van der Waals surface area contributed by atoms with Gasteiger partial charge in [-0.05, 0) is 37.0 Å². The van der Waals surface area contributed by atoms with Crippen molar-refractivity contribution in [2.45, 2.75) is 25.4 Å². The monoisotopic (exact) mass is 407 g/mol. The van der Waals surface area contributed by atoms with Crippen LogP contribution in [0.15, 0.2) is 29.3 Å². The van der Waals surface area contributed by atoms with Gasteiger partial charge in [-0.15, -0.1) is 24.0 Å². The van der Waals surface area contributed by atoms with Crippen LogP contribution in [0.1, 0.15) is 30.9 Å². The van der Waals surface area contributed by atoms with E-state index in [-0.39, 0.29) is 35.9 Å². The Bertz CT molecular complexity index is 447. The van der Waals surface area contributed by atoms with Crippen LogP contribution in [0, 0.1) is 5.82 Å². The lowest BCUT2D eigenvalue weighted by molar-refractivity contribution is 0.110. The molecule has 0 saturated carbocycles. The molecule has 0 spiro atoms. The summed E-state index contributed by atoms with van der Waals surface area (Å²) in [6.07, 6.45) is 3.41. The van der Waals surface area contributed by atoms with Crippen molar-refractivity contribution in [3.63, 3.8) is 0 Å². The zero-order chi connectivity index (χ0) is 14.4. The summed E-state index contributed by atoms with van der Waals surface area (Å²) in [6.45, 7) is 2.40. The molecule has 2 rings (SSSR count). The van der Waals surface area contributed by atoms with Crippen molar-refractivity contribution in [1.82, 2.24) is 4.90 Å². The van der Waals surface area contributed by atoms with Gasteiger partial charge in [0, 0.05) is 20.2 Å². The van der Waals surface area contributed by atoms with E-state index in [1.165, 1.54) is 31.4 Å². The summed E-state index contributed by atoms with van der Waals surface area (Å²) in [5.74, 6) is 0.328. The van der Waals surface area contributed by atoms with Gasteiger partial charge >= 0.3 is 0 Å². The molecule has 1 aromatic rings. The van der Waals surface area contributed by atoms with Gasteiger partial charge in [0.2, 0.25) is 0 Å². The third-order valence-electron chi connectivity index (χ3n) is 3.63. The Morgan fingerprint density at radius 2 is 1.90 bits per heavy atom. The molecule has 1 aliphatic heterocycles. The van der Waals surface area contributed by atoms with Gasteiger partial charge in [0.1, 0.15) is 11.9 Å². The molecule has 1 unspecified atom stereocenters. The molecule has 0 aliphatic carbocycles. The highest BCUT2D eigenvalue weighted by Gasteiger charge is 2.14. The maximum atomic E-state index is 12.9. The van der Waals surface area contributed by atoms with Gasteiger partial charge in [-0.1, -0.05) is 12.1 Å². The van der Waals surface area contributed by atoms with E-state index in [1.807, 2.05) is 0 Å². The number of methoxy groups -OCH3 is 1. The third-order valence-corrected chi connectivity index (χ3v) is 3.63. The summed E-state index contributed by atoms with van der Waals surface area (Å²) in [5.41, 5.74) is 6.92. The van der Waals surface area contributed by atoms with Crippen molar-refractivity contribution in [2.75, 3.05) is 26.7 Å².